The lowest BCUT2D eigenvalue weighted by Gasteiger charge is -2.34. The number of nitrogens with two attached hydrogens (primary N) is 1. The molecule has 0 bridgehead atoms. The smallest absolute Gasteiger partial charge is 0.274 e. The second kappa shape index (κ2) is 9.18. The highest BCUT2D eigenvalue weighted by Crippen LogP contribution is 2.42. The molecule has 1 aliphatic carbocycles. The topological polar surface area (TPSA) is 73.2 Å². The summed E-state index contributed by atoms with van der Waals surface area (Å²) in [5.74, 6) is 0.831. The summed E-state index contributed by atoms with van der Waals surface area (Å²) in [7, 11) is 1.88. The number of hydrogen-bond acceptors (Lipinski definition) is 5. The first kappa shape index (κ1) is 22.4. The zero-order valence-electron chi connectivity index (χ0n) is 20.0. The molecule has 1 aromatic heterocycles. The van der Waals surface area contributed by atoms with Gasteiger partial charge in [0.1, 0.15) is 17.1 Å². The molecule has 0 unspecified atom stereocenters. The largest absolute Gasteiger partial charge is 0.340 e. The van der Waals surface area contributed by atoms with Crippen molar-refractivity contribution < 1.29 is 10.3 Å². The van der Waals surface area contributed by atoms with Crippen molar-refractivity contribution in [3.63, 3.8) is 0 Å². The molecule has 0 spiro atoms. The number of hydrogen-bond donors (Lipinski definition) is 2. The van der Waals surface area contributed by atoms with Gasteiger partial charge in [-0.15, -0.1) is 5.53 Å². The molecule has 1 amide bonds. The minimum absolute atomic E-state index is 0.0172. The first-order valence-electron chi connectivity index (χ1n) is 12.3. The number of anilines is 2. The van der Waals surface area contributed by atoms with E-state index in [1.807, 2.05) is 22.0 Å². The second-order valence-corrected chi connectivity index (χ2v) is 10.3. The van der Waals surface area contributed by atoms with Crippen LogP contribution >= 0.6 is 11.6 Å². The third-order valence-electron chi connectivity index (χ3n) is 7.20. The molecule has 2 aliphatic heterocycles. The number of fused-ring (bicyclic) bond motifs is 1. The fraction of sp³-hybridized carbons (Fsp3) is 0.385. The van der Waals surface area contributed by atoms with Crippen molar-refractivity contribution in [3.05, 3.63) is 65.2 Å². The Morgan fingerprint density at radius 2 is 1.89 bits per heavy atom. The van der Waals surface area contributed by atoms with Crippen LogP contribution in [-0.4, -0.2) is 58.0 Å². The molecular formula is C26H31ClN7O+. The lowest BCUT2D eigenvalue weighted by Crippen LogP contribution is -2.95. The number of quaternary nitrogens is 1. The van der Waals surface area contributed by atoms with Gasteiger partial charge in [-0.25, -0.2) is 15.4 Å². The van der Waals surface area contributed by atoms with Crippen LogP contribution < -0.4 is 16.0 Å². The first-order chi connectivity index (χ1) is 17.0. The zero-order valence-corrected chi connectivity index (χ0v) is 20.7. The van der Waals surface area contributed by atoms with Crippen LogP contribution in [0.2, 0.25) is 5.02 Å². The van der Waals surface area contributed by atoms with E-state index in [9.17, 15) is 4.79 Å². The van der Waals surface area contributed by atoms with E-state index in [4.69, 9.17) is 11.6 Å². The maximum atomic E-state index is 12.6. The number of aryl methyl sites for hydroxylation is 1. The minimum atomic E-state index is 0.0172. The number of amides is 1. The summed E-state index contributed by atoms with van der Waals surface area (Å²) in [6.45, 7) is 5.10. The van der Waals surface area contributed by atoms with Gasteiger partial charge in [0.25, 0.3) is 5.91 Å². The van der Waals surface area contributed by atoms with Gasteiger partial charge in [0.15, 0.2) is 0 Å². The van der Waals surface area contributed by atoms with E-state index < -0.39 is 0 Å². The number of carbonyl (C=O) groups excluding carboxylic acids is 1. The fourth-order valence-corrected chi connectivity index (χ4v) is 5.27. The first-order valence-corrected chi connectivity index (χ1v) is 12.7. The van der Waals surface area contributed by atoms with Crippen LogP contribution in [0.15, 0.2) is 48.9 Å². The molecule has 9 heteroatoms. The standard InChI is InChI=1S/C26H30ClN7O/c1-31-16-22(28-17-31)26(35)33-12-10-32(11-13-33)14-18-4-6-20(7-5-18)21-8-9-23-25(24(21)27)29-30-34(23)15-19-2-3-19/h4-9,16-17,19,29-30H,2-3,10-15H2,1H3/p+1. The molecule has 35 heavy (non-hydrogen) atoms. The molecule has 3 N–H and O–H groups in total. The normalized spacial score (nSPS) is 18.0. The lowest BCUT2D eigenvalue weighted by atomic mass is 10.0. The highest BCUT2D eigenvalue weighted by molar-refractivity contribution is 6.36. The predicted octanol–water partition coefficient (Wildman–Crippen LogP) is 2.73. The van der Waals surface area contributed by atoms with Crippen molar-refractivity contribution in [2.45, 2.75) is 19.4 Å². The monoisotopic (exact) mass is 492 g/mol. The number of halogens is 1. The molecule has 3 heterocycles. The van der Waals surface area contributed by atoms with Crippen LogP contribution in [0.25, 0.3) is 11.1 Å². The number of nitrogens with zero attached hydrogens (tertiary/aromatic N) is 5. The summed E-state index contributed by atoms with van der Waals surface area (Å²) in [6.07, 6.45) is 6.11. The lowest BCUT2D eigenvalue weighted by molar-refractivity contribution is -0.631. The van der Waals surface area contributed by atoms with E-state index in [1.54, 1.807) is 12.5 Å². The van der Waals surface area contributed by atoms with Crippen LogP contribution in [0.4, 0.5) is 11.4 Å². The zero-order chi connectivity index (χ0) is 23.9. The number of imidazole rings is 1. The Morgan fingerprint density at radius 1 is 1.11 bits per heavy atom. The van der Waals surface area contributed by atoms with Crippen LogP contribution in [-0.2, 0) is 13.6 Å². The molecule has 3 aromatic rings. The number of aromatic nitrogens is 2. The van der Waals surface area contributed by atoms with E-state index >= 15 is 0 Å². The van der Waals surface area contributed by atoms with Gasteiger partial charge in [-0.05, 0) is 36.0 Å². The summed E-state index contributed by atoms with van der Waals surface area (Å²) in [6, 6.07) is 13.0. The van der Waals surface area contributed by atoms with E-state index in [1.165, 1.54) is 24.1 Å². The van der Waals surface area contributed by atoms with Gasteiger partial charge in [-0.2, -0.15) is 0 Å². The molecule has 1 saturated heterocycles. The molecule has 2 fully saturated rings. The van der Waals surface area contributed by atoms with Gasteiger partial charge >= 0.3 is 0 Å². The van der Waals surface area contributed by atoms with Crippen LogP contribution in [0, 0.1) is 5.92 Å². The van der Waals surface area contributed by atoms with Gasteiger partial charge in [-0.1, -0.05) is 41.9 Å². The fourth-order valence-electron chi connectivity index (χ4n) is 4.95. The van der Waals surface area contributed by atoms with Crippen LogP contribution in [0.1, 0.15) is 28.9 Å². The Bertz CT molecular complexity index is 1230. The van der Waals surface area contributed by atoms with Crippen molar-refractivity contribution in [2.24, 2.45) is 13.0 Å². The summed E-state index contributed by atoms with van der Waals surface area (Å²) in [5.41, 5.74) is 11.6. The average molecular weight is 493 g/mol. The maximum absolute atomic E-state index is 12.6. The summed E-state index contributed by atoms with van der Waals surface area (Å²) < 4.78 is 1.81. The Hall–Kier alpha value is -3.07. The van der Waals surface area contributed by atoms with Crippen molar-refractivity contribution in [3.8, 4) is 11.1 Å². The predicted molar refractivity (Wildman–Crippen MR) is 137 cm³/mol. The SMILES string of the molecule is Cn1cnc(C(=O)N2CCN(Cc3ccc(-c4ccc5c(c4Cl)N[NH2+]N5CC4CC4)cc3)CC2)c1. The second-order valence-electron chi connectivity index (χ2n) is 9.88. The summed E-state index contributed by atoms with van der Waals surface area (Å²) >= 11 is 6.83. The number of nitrogens with one attached hydrogen (secondary N) is 1. The van der Waals surface area contributed by atoms with Crippen molar-refractivity contribution in [1.29, 1.82) is 0 Å². The number of rotatable bonds is 6. The third kappa shape index (κ3) is 4.61. The Balaban J connectivity index is 1.07. The van der Waals surface area contributed by atoms with E-state index in [-0.39, 0.29) is 5.91 Å². The Labute approximate surface area is 210 Å². The molecule has 8 nitrogen and oxygen atoms in total. The van der Waals surface area contributed by atoms with Crippen LogP contribution in [0.5, 0.6) is 0 Å². The molecule has 2 aromatic carbocycles. The quantitative estimate of drug-likeness (QED) is 0.518. The van der Waals surface area contributed by atoms with Crippen molar-refractivity contribution in [1.82, 2.24) is 19.4 Å². The molecule has 182 valence electrons. The van der Waals surface area contributed by atoms with Gasteiger partial charge in [0.2, 0.25) is 0 Å². The molecule has 0 atom stereocenters. The maximum Gasteiger partial charge on any atom is 0.274 e. The van der Waals surface area contributed by atoms with E-state index in [0.29, 0.717) is 5.69 Å². The average Bonchev–Trinajstić information content (AvgIpc) is 3.43. The summed E-state index contributed by atoms with van der Waals surface area (Å²) in [4.78, 5) is 21.1. The molecule has 6 rings (SSSR count). The molecular weight excluding hydrogens is 462 g/mol. The molecule has 0 radical (unpaired) electrons. The number of nitrogen functional groups attached to an aromatic ring is 1. The number of piperazine rings is 1. The Morgan fingerprint density at radius 3 is 2.57 bits per heavy atom. The summed E-state index contributed by atoms with van der Waals surface area (Å²) in [5, 5.41) is 3.06. The van der Waals surface area contributed by atoms with Gasteiger partial charge in [0, 0.05) is 51.5 Å². The van der Waals surface area contributed by atoms with Crippen molar-refractivity contribution in [2.75, 3.05) is 43.2 Å². The highest BCUT2D eigenvalue weighted by atomic mass is 35.5. The highest BCUT2D eigenvalue weighted by Gasteiger charge is 2.32. The number of benzene rings is 2. The Kier molecular flexibility index (Phi) is 5.88. The molecule has 3 aliphatic rings. The van der Waals surface area contributed by atoms with Gasteiger partial charge in [-0.3, -0.25) is 9.69 Å². The van der Waals surface area contributed by atoms with Gasteiger partial charge < -0.3 is 9.47 Å². The number of carbonyl (C=O) groups is 1. The van der Waals surface area contributed by atoms with Crippen LogP contribution in [0.3, 0.4) is 0 Å². The van der Waals surface area contributed by atoms with E-state index in [2.05, 4.69) is 56.7 Å². The molecule has 1 saturated carbocycles. The third-order valence-corrected chi connectivity index (χ3v) is 7.59. The van der Waals surface area contributed by atoms with E-state index in [0.717, 1.165) is 67.0 Å². The minimum Gasteiger partial charge on any atom is -0.340 e. The van der Waals surface area contributed by atoms with Gasteiger partial charge in [0.05, 0.1) is 17.9 Å². The van der Waals surface area contributed by atoms with Crippen molar-refractivity contribution >= 4 is 28.9 Å².